The van der Waals surface area contributed by atoms with Gasteiger partial charge in [0, 0.05) is 50.3 Å². The van der Waals surface area contributed by atoms with Gasteiger partial charge in [0.15, 0.2) is 0 Å². The van der Waals surface area contributed by atoms with Crippen LogP contribution in [-0.4, -0.2) is 28.2 Å². The average Bonchev–Trinajstić information content (AvgIpc) is 2.77. The van der Waals surface area contributed by atoms with E-state index in [1.807, 2.05) is 0 Å². The summed E-state index contributed by atoms with van der Waals surface area (Å²) in [5.74, 6) is 0. The molecule has 2 nitrogen and oxygen atoms in total. The fraction of sp³-hybridized carbons (Fsp3) is 0.143. The summed E-state index contributed by atoms with van der Waals surface area (Å²) >= 11 is 0. The zero-order valence-corrected chi connectivity index (χ0v) is 18.0. The van der Waals surface area contributed by atoms with Gasteiger partial charge in [0.05, 0.1) is 0 Å². The van der Waals surface area contributed by atoms with Crippen LogP contribution in [0.5, 0.6) is 0 Å². The summed E-state index contributed by atoms with van der Waals surface area (Å²) < 4.78 is 0. The summed E-state index contributed by atoms with van der Waals surface area (Å²) in [6.07, 6.45) is 0. The Labute approximate surface area is 178 Å². The van der Waals surface area contributed by atoms with E-state index in [0.717, 1.165) is 0 Å². The maximum absolute atomic E-state index is 2.37. The van der Waals surface area contributed by atoms with Gasteiger partial charge in [-0.25, -0.2) is 0 Å². The summed E-state index contributed by atoms with van der Waals surface area (Å²) in [7, 11) is 8.52. The molecule has 148 valence electrons. The van der Waals surface area contributed by atoms with Gasteiger partial charge in [0.1, 0.15) is 0 Å². The highest BCUT2D eigenvalue weighted by molar-refractivity contribution is 6.25. The van der Waals surface area contributed by atoms with Gasteiger partial charge in [0.2, 0.25) is 0 Å². The molecule has 5 aromatic rings. The normalized spacial score (nSPS) is 11.3. The molecule has 0 aliphatic carbocycles. The molecule has 0 spiro atoms. The predicted molar refractivity (Wildman–Crippen MR) is 133 cm³/mol. The Bertz CT molecular complexity index is 1380. The smallest absolute Gasteiger partial charge is 0.0453 e. The molecule has 30 heavy (non-hydrogen) atoms. The van der Waals surface area contributed by atoms with Crippen LogP contribution in [0.1, 0.15) is 0 Å². The summed E-state index contributed by atoms with van der Waals surface area (Å²) in [6, 6.07) is 30.9. The van der Waals surface area contributed by atoms with E-state index in [1.165, 1.54) is 54.8 Å². The number of hydrogen-bond acceptors (Lipinski definition) is 2. The van der Waals surface area contributed by atoms with Gasteiger partial charge in [-0.3, -0.25) is 0 Å². The highest BCUT2D eigenvalue weighted by Crippen LogP contribution is 2.43. The van der Waals surface area contributed by atoms with Crippen LogP contribution in [0.25, 0.3) is 43.4 Å². The Kier molecular flexibility index (Phi) is 4.36. The van der Waals surface area contributed by atoms with Gasteiger partial charge >= 0.3 is 0 Å². The quantitative estimate of drug-likeness (QED) is 0.308. The van der Waals surface area contributed by atoms with Crippen molar-refractivity contribution < 1.29 is 0 Å². The van der Waals surface area contributed by atoms with E-state index in [4.69, 9.17) is 0 Å². The molecule has 0 unspecified atom stereocenters. The van der Waals surface area contributed by atoms with E-state index in [2.05, 4.69) is 123 Å². The molecule has 0 radical (unpaired) electrons. The molecular formula is C28H26N2. The molecular weight excluding hydrogens is 364 g/mol. The van der Waals surface area contributed by atoms with Crippen molar-refractivity contribution in [3.05, 3.63) is 84.9 Å². The van der Waals surface area contributed by atoms with Crippen molar-refractivity contribution in [1.82, 2.24) is 0 Å². The number of hydrogen-bond donors (Lipinski definition) is 0. The second-order valence-corrected chi connectivity index (χ2v) is 8.32. The van der Waals surface area contributed by atoms with Gasteiger partial charge in [-0.2, -0.15) is 0 Å². The van der Waals surface area contributed by atoms with Crippen molar-refractivity contribution in [2.45, 2.75) is 0 Å². The van der Waals surface area contributed by atoms with Gasteiger partial charge in [-0.15, -0.1) is 0 Å². The molecule has 0 fully saturated rings. The fourth-order valence-corrected chi connectivity index (χ4v) is 4.60. The minimum atomic E-state index is 1.25. The Morgan fingerprint density at radius 3 is 1.73 bits per heavy atom. The number of nitrogens with zero attached hydrogens (tertiary/aromatic N) is 2. The van der Waals surface area contributed by atoms with E-state index in [-0.39, 0.29) is 0 Å². The monoisotopic (exact) mass is 390 g/mol. The van der Waals surface area contributed by atoms with E-state index in [1.54, 1.807) is 0 Å². The highest BCUT2D eigenvalue weighted by Gasteiger charge is 2.16. The third kappa shape index (κ3) is 2.80. The van der Waals surface area contributed by atoms with Crippen LogP contribution in [-0.2, 0) is 0 Å². The lowest BCUT2D eigenvalue weighted by atomic mass is 9.90. The lowest BCUT2D eigenvalue weighted by Gasteiger charge is -2.23. The molecule has 0 N–H and O–H groups in total. The lowest BCUT2D eigenvalue weighted by Crippen LogP contribution is -2.11. The number of benzene rings is 5. The van der Waals surface area contributed by atoms with Crippen LogP contribution < -0.4 is 9.80 Å². The van der Waals surface area contributed by atoms with Gasteiger partial charge in [-0.1, -0.05) is 72.8 Å². The number of rotatable bonds is 3. The van der Waals surface area contributed by atoms with E-state index in [0.29, 0.717) is 0 Å². The third-order valence-corrected chi connectivity index (χ3v) is 6.00. The molecule has 0 aliphatic heterocycles. The van der Waals surface area contributed by atoms with Crippen LogP contribution >= 0.6 is 0 Å². The molecule has 0 saturated heterocycles. The molecule has 0 atom stereocenters. The Hall–Kier alpha value is -3.52. The van der Waals surface area contributed by atoms with Crippen LogP contribution in [0, 0.1) is 0 Å². The van der Waals surface area contributed by atoms with Crippen LogP contribution in [0.15, 0.2) is 84.9 Å². The largest absolute Gasteiger partial charge is 0.377 e. The van der Waals surface area contributed by atoms with E-state index < -0.39 is 0 Å². The van der Waals surface area contributed by atoms with Crippen molar-refractivity contribution in [1.29, 1.82) is 0 Å². The van der Waals surface area contributed by atoms with Crippen molar-refractivity contribution in [3.63, 3.8) is 0 Å². The summed E-state index contributed by atoms with van der Waals surface area (Å²) in [6.45, 7) is 0. The first-order chi connectivity index (χ1) is 14.6. The van der Waals surface area contributed by atoms with Crippen molar-refractivity contribution in [3.8, 4) is 11.1 Å². The van der Waals surface area contributed by atoms with Crippen LogP contribution in [0.2, 0.25) is 0 Å². The maximum Gasteiger partial charge on any atom is 0.0453 e. The molecule has 0 saturated carbocycles. The molecule has 2 heteroatoms. The fourth-order valence-electron chi connectivity index (χ4n) is 4.60. The summed E-state index contributed by atoms with van der Waals surface area (Å²) in [4.78, 5) is 4.46. The molecule has 0 heterocycles. The predicted octanol–water partition coefficient (Wildman–Crippen LogP) is 6.95. The molecule has 0 amide bonds. The topological polar surface area (TPSA) is 6.48 Å². The minimum Gasteiger partial charge on any atom is -0.377 e. The molecule has 0 bridgehead atoms. The summed E-state index contributed by atoms with van der Waals surface area (Å²) in [5.41, 5.74) is 5.03. The molecule has 5 rings (SSSR count). The lowest BCUT2D eigenvalue weighted by molar-refractivity contribution is 1.14. The standard InChI is InChI=1S/C28H26N2/c1-29(2)26-17-25-23-16-10-15-20(19-11-6-5-7-12-19)28(23)27(30(3)4)18-24(25)21-13-8-9-14-22(21)26/h5-18H,1-4H3. The second kappa shape index (κ2) is 7.07. The Morgan fingerprint density at radius 1 is 0.467 bits per heavy atom. The zero-order valence-electron chi connectivity index (χ0n) is 18.0. The first-order valence-corrected chi connectivity index (χ1v) is 10.4. The van der Waals surface area contributed by atoms with E-state index in [9.17, 15) is 0 Å². The Morgan fingerprint density at radius 2 is 1.03 bits per heavy atom. The van der Waals surface area contributed by atoms with Crippen molar-refractivity contribution in [2.24, 2.45) is 0 Å². The first kappa shape index (κ1) is 18.5. The molecule has 5 aromatic carbocycles. The average molecular weight is 391 g/mol. The van der Waals surface area contributed by atoms with Crippen molar-refractivity contribution >= 4 is 43.7 Å². The number of anilines is 2. The number of fused-ring (bicyclic) bond motifs is 5. The van der Waals surface area contributed by atoms with E-state index >= 15 is 0 Å². The van der Waals surface area contributed by atoms with Crippen LogP contribution in [0.3, 0.4) is 0 Å². The highest BCUT2D eigenvalue weighted by atomic mass is 15.1. The second-order valence-electron chi connectivity index (χ2n) is 8.32. The Balaban J connectivity index is 2.02. The third-order valence-electron chi connectivity index (χ3n) is 6.00. The van der Waals surface area contributed by atoms with Crippen LogP contribution in [0.4, 0.5) is 11.4 Å². The minimum absolute atomic E-state index is 1.25. The first-order valence-electron chi connectivity index (χ1n) is 10.4. The SMILES string of the molecule is CN(C)c1cc2c3cccc(-c4ccccc4)c3c(N(C)C)cc2c2ccccc12. The van der Waals surface area contributed by atoms with Gasteiger partial charge in [-0.05, 0) is 44.8 Å². The zero-order chi connectivity index (χ0) is 20.8. The van der Waals surface area contributed by atoms with Gasteiger partial charge in [0.25, 0.3) is 0 Å². The maximum atomic E-state index is 2.37. The molecule has 0 aromatic heterocycles. The molecule has 0 aliphatic rings. The van der Waals surface area contributed by atoms with Crippen molar-refractivity contribution in [2.75, 3.05) is 38.0 Å². The summed E-state index contributed by atoms with van der Waals surface area (Å²) in [5, 5.41) is 7.80. The van der Waals surface area contributed by atoms with Gasteiger partial charge < -0.3 is 9.80 Å².